The van der Waals surface area contributed by atoms with Crippen molar-refractivity contribution in [2.45, 2.75) is 0 Å². The number of nitrogens with zero attached hydrogens (tertiary/aromatic N) is 2. The highest BCUT2D eigenvalue weighted by Crippen LogP contribution is 2.23. The average molecular weight is 190 g/mol. The van der Waals surface area contributed by atoms with Crippen LogP contribution in [0.15, 0.2) is 12.3 Å². The number of hydrogen-bond donors (Lipinski definition) is 2. The van der Waals surface area contributed by atoms with Crippen LogP contribution < -0.4 is 5.48 Å². The van der Waals surface area contributed by atoms with Gasteiger partial charge in [-0.25, -0.2) is 10.5 Å². The summed E-state index contributed by atoms with van der Waals surface area (Å²) < 4.78 is 0. The number of nitro groups is 1. The molecule has 1 rings (SSSR count). The highest BCUT2D eigenvalue weighted by molar-refractivity contribution is 6.30. The van der Waals surface area contributed by atoms with Crippen molar-refractivity contribution in [3.63, 3.8) is 0 Å². The van der Waals surface area contributed by atoms with E-state index >= 15 is 0 Å². The third kappa shape index (κ3) is 1.60. The van der Waals surface area contributed by atoms with Crippen LogP contribution in [0, 0.1) is 10.1 Å². The minimum atomic E-state index is -0.697. The molecule has 0 aliphatic heterocycles. The lowest BCUT2D eigenvalue weighted by molar-refractivity contribution is -0.384. The maximum Gasteiger partial charge on any atom is 0.315 e. The highest BCUT2D eigenvalue weighted by atomic mass is 35.5. The molecule has 0 amide bonds. The van der Waals surface area contributed by atoms with Gasteiger partial charge in [0, 0.05) is 12.3 Å². The molecule has 1 aromatic rings. The monoisotopic (exact) mass is 189 g/mol. The van der Waals surface area contributed by atoms with Gasteiger partial charge in [-0.15, -0.1) is 0 Å². The first kappa shape index (κ1) is 8.69. The lowest BCUT2D eigenvalue weighted by Gasteiger charge is -1.98. The van der Waals surface area contributed by atoms with Crippen molar-refractivity contribution >= 4 is 23.1 Å². The van der Waals surface area contributed by atoms with E-state index in [0.29, 0.717) is 0 Å². The Morgan fingerprint density at radius 1 is 1.75 bits per heavy atom. The largest absolute Gasteiger partial charge is 0.315 e. The molecule has 0 spiro atoms. The van der Waals surface area contributed by atoms with Gasteiger partial charge in [0.2, 0.25) is 5.82 Å². The molecule has 64 valence electrons. The molecule has 0 unspecified atom stereocenters. The molecule has 0 bridgehead atoms. The van der Waals surface area contributed by atoms with Crippen molar-refractivity contribution in [3.8, 4) is 0 Å². The van der Waals surface area contributed by atoms with Gasteiger partial charge in [0.05, 0.1) is 9.95 Å². The Morgan fingerprint density at radius 3 is 2.92 bits per heavy atom. The number of aromatic nitrogens is 1. The van der Waals surface area contributed by atoms with Gasteiger partial charge in [-0.2, -0.15) is 0 Å². The first-order chi connectivity index (χ1) is 5.65. The van der Waals surface area contributed by atoms with E-state index in [1.807, 2.05) is 0 Å². The fourth-order valence-corrected chi connectivity index (χ4v) is 0.806. The summed E-state index contributed by atoms with van der Waals surface area (Å²) in [6, 6.07) is 1.09. The minimum absolute atomic E-state index is 0.140. The van der Waals surface area contributed by atoms with E-state index < -0.39 is 4.92 Å². The molecule has 0 atom stereocenters. The van der Waals surface area contributed by atoms with E-state index in [1.165, 1.54) is 6.20 Å². The summed E-state index contributed by atoms with van der Waals surface area (Å²) in [5.41, 5.74) is 1.22. The van der Waals surface area contributed by atoms with E-state index in [-0.39, 0.29) is 16.5 Å². The zero-order valence-corrected chi connectivity index (χ0v) is 6.45. The Balaban J connectivity index is 3.21. The van der Waals surface area contributed by atoms with Crippen molar-refractivity contribution in [2.24, 2.45) is 0 Å². The second kappa shape index (κ2) is 3.33. The summed E-state index contributed by atoms with van der Waals surface area (Å²) in [6.07, 6.45) is 1.19. The topological polar surface area (TPSA) is 88.3 Å². The molecule has 6 nitrogen and oxygen atoms in total. The van der Waals surface area contributed by atoms with Gasteiger partial charge >= 0.3 is 5.69 Å². The molecule has 0 saturated heterocycles. The summed E-state index contributed by atoms with van der Waals surface area (Å²) in [5, 5.41) is 18.8. The molecule has 0 aliphatic carbocycles. The van der Waals surface area contributed by atoms with Crippen LogP contribution in [0.4, 0.5) is 11.5 Å². The van der Waals surface area contributed by atoms with E-state index in [0.717, 1.165) is 6.07 Å². The van der Waals surface area contributed by atoms with Crippen LogP contribution in [0.1, 0.15) is 0 Å². The molecular weight excluding hydrogens is 186 g/mol. The van der Waals surface area contributed by atoms with Crippen molar-refractivity contribution in [1.29, 1.82) is 0 Å². The second-order valence-corrected chi connectivity index (χ2v) is 2.33. The minimum Gasteiger partial charge on any atom is -0.289 e. The molecule has 0 aliphatic rings. The van der Waals surface area contributed by atoms with Crippen LogP contribution in [-0.4, -0.2) is 15.1 Å². The summed E-state index contributed by atoms with van der Waals surface area (Å²) in [5.74, 6) is -0.232. The summed E-state index contributed by atoms with van der Waals surface area (Å²) in [4.78, 5) is 13.1. The van der Waals surface area contributed by atoms with E-state index in [9.17, 15) is 10.1 Å². The molecule has 1 aromatic heterocycles. The van der Waals surface area contributed by atoms with Gasteiger partial charge in [0.25, 0.3) is 0 Å². The first-order valence-electron chi connectivity index (χ1n) is 2.85. The molecule has 1 heterocycles. The SMILES string of the molecule is O=[N+]([O-])c1cc(Cl)cnc1NO. The molecule has 0 radical (unpaired) electrons. The van der Waals surface area contributed by atoms with Gasteiger partial charge in [0.1, 0.15) is 0 Å². The van der Waals surface area contributed by atoms with Crippen LogP contribution in [0.2, 0.25) is 5.02 Å². The lowest BCUT2D eigenvalue weighted by atomic mass is 10.4. The molecule has 2 N–H and O–H groups in total. The van der Waals surface area contributed by atoms with Crippen LogP contribution in [0.25, 0.3) is 0 Å². The Hall–Kier alpha value is -1.40. The summed E-state index contributed by atoms with van der Waals surface area (Å²) in [6.45, 7) is 0. The summed E-state index contributed by atoms with van der Waals surface area (Å²) in [7, 11) is 0. The van der Waals surface area contributed by atoms with Gasteiger partial charge in [-0.1, -0.05) is 11.6 Å². The van der Waals surface area contributed by atoms with Crippen LogP contribution in [-0.2, 0) is 0 Å². The smallest absolute Gasteiger partial charge is 0.289 e. The molecule has 7 heteroatoms. The normalized spacial score (nSPS) is 9.50. The van der Waals surface area contributed by atoms with Crippen molar-refractivity contribution in [2.75, 3.05) is 5.48 Å². The number of nitrogens with one attached hydrogen (secondary N) is 1. The van der Waals surface area contributed by atoms with Crippen LogP contribution in [0.5, 0.6) is 0 Å². The van der Waals surface area contributed by atoms with Gasteiger partial charge in [0.15, 0.2) is 0 Å². The molecule has 0 aromatic carbocycles. The predicted octanol–water partition coefficient (Wildman–Crippen LogP) is 1.44. The number of anilines is 1. The van der Waals surface area contributed by atoms with Gasteiger partial charge in [-0.05, 0) is 0 Å². The molecule has 0 saturated carbocycles. The van der Waals surface area contributed by atoms with E-state index in [4.69, 9.17) is 16.8 Å². The maximum absolute atomic E-state index is 10.3. The Labute approximate surface area is 71.9 Å². The lowest BCUT2D eigenvalue weighted by Crippen LogP contribution is -1.99. The Kier molecular flexibility index (Phi) is 2.41. The van der Waals surface area contributed by atoms with Crippen LogP contribution in [0.3, 0.4) is 0 Å². The zero-order chi connectivity index (χ0) is 9.14. The highest BCUT2D eigenvalue weighted by Gasteiger charge is 2.14. The number of hydrogen-bond acceptors (Lipinski definition) is 5. The first-order valence-corrected chi connectivity index (χ1v) is 3.23. The number of pyridine rings is 1. The number of halogens is 1. The number of rotatable bonds is 2. The second-order valence-electron chi connectivity index (χ2n) is 1.89. The zero-order valence-electron chi connectivity index (χ0n) is 5.69. The Morgan fingerprint density at radius 2 is 2.42 bits per heavy atom. The quantitative estimate of drug-likeness (QED) is 0.543. The fraction of sp³-hybridized carbons (Fsp3) is 0. The summed E-state index contributed by atoms with van der Waals surface area (Å²) >= 11 is 5.44. The third-order valence-electron chi connectivity index (χ3n) is 1.14. The molecular formula is C5H4ClN3O3. The molecule has 12 heavy (non-hydrogen) atoms. The van der Waals surface area contributed by atoms with Crippen molar-refractivity contribution in [3.05, 3.63) is 27.4 Å². The standard InChI is InChI=1S/C5H4ClN3O3/c6-3-1-4(9(11)12)5(8-10)7-2-3/h1-2,10H,(H,7,8). The Bertz CT molecular complexity index is 317. The van der Waals surface area contributed by atoms with Crippen molar-refractivity contribution in [1.82, 2.24) is 4.98 Å². The van der Waals surface area contributed by atoms with E-state index in [1.54, 1.807) is 5.48 Å². The molecule has 0 fully saturated rings. The fourth-order valence-electron chi connectivity index (χ4n) is 0.654. The predicted molar refractivity (Wildman–Crippen MR) is 41.3 cm³/mol. The van der Waals surface area contributed by atoms with Gasteiger partial charge < -0.3 is 0 Å². The average Bonchev–Trinajstić information content (AvgIpc) is 2.04. The third-order valence-corrected chi connectivity index (χ3v) is 1.34. The van der Waals surface area contributed by atoms with E-state index in [2.05, 4.69) is 4.98 Å². The maximum atomic E-state index is 10.3. The van der Waals surface area contributed by atoms with Crippen molar-refractivity contribution < 1.29 is 10.1 Å². The van der Waals surface area contributed by atoms with Gasteiger partial charge in [-0.3, -0.25) is 15.3 Å². The van der Waals surface area contributed by atoms with Crippen LogP contribution >= 0.6 is 11.6 Å².